The molecule has 0 unspecified atom stereocenters. The molecule has 3 nitrogen and oxygen atoms in total. The number of hydrogen-bond acceptors (Lipinski definition) is 2. The van der Waals surface area contributed by atoms with Crippen molar-refractivity contribution in [3.05, 3.63) is 24.5 Å². The zero-order valence-corrected chi connectivity index (χ0v) is 6.68. The zero-order chi connectivity index (χ0) is 8.85. The van der Waals surface area contributed by atoms with Gasteiger partial charge in [-0.15, -0.1) is 0 Å². The van der Waals surface area contributed by atoms with E-state index in [0.29, 0.717) is 6.42 Å². The van der Waals surface area contributed by atoms with Gasteiger partial charge in [-0.3, -0.25) is 4.79 Å². The van der Waals surface area contributed by atoms with Gasteiger partial charge < -0.3 is 10.4 Å². The number of hydrogen-bond donors (Lipinski definition) is 2. The third kappa shape index (κ3) is 6.64. The van der Waals surface area contributed by atoms with Crippen molar-refractivity contribution < 1.29 is 9.90 Å². The molecule has 0 saturated heterocycles. The fourth-order valence-electron chi connectivity index (χ4n) is 0.537. The van der Waals surface area contributed by atoms with Gasteiger partial charge in [0.05, 0.1) is 6.54 Å². The Morgan fingerprint density at radius 1 is 1.55 bits per heavy atom. The van der Waals surface area contributed by atoms with Gasteiger partial charge in [-0.05, 0) is 6.92 Å². The largest absolute Gasteiger partial charge is 0.511 e. The molecule has 0 saturated carbocycles. The highest BCUT2D eigenvalue weighted by Gasteiger charge is 1.99. The predicted octanol–water partition coefficient (Wildman–Crippen LogP) is 1.14. The number of carbonyl (C=O) groups excluding carboxylic acids is 1. The maximum absolute atomic E-state index is 10.8. The third-order valence-corrected chi connectivity index (χ3v) is 0.952. The molecule has 62 valence electrons. The summed E-state index contributed by atoms with van der Waals surface area (Å²) >= 11 is 0. The SMILES string of the molecule is C=C(C)CC(=O)NCC(=C)O. The van der Waals surface area contributed by atoms with Crippen LogP contribution in [0.5, 0.6) is 0 Å². The Bertz CT molecular complexity index is 185. The fourth-order valence-corrected chi connectivity index (χ4v) is 0.537. The van der Waals surface area contributed by atoms with Crippen LogP contribution in [0.25, 0.3) is 0 Å². The first-order valence-corrected chi connectivity index (χ1v) is 3.30. The molecule has 0 bridgehead atoms. The van der Waals surface area contributed by atoms with E-state index in [-0.39, 0.29) is 18.2 Å². The van der Waals surface area contributed by atoms with Gasteiger partial charge in [0, 0.05) is 6.42 Å². The van der Waals surface area contributed by atoms with Crippen LogP contribution in [0.3, 0.4) is 0 Å². The molecule has 2 N–H and O–H groups in total. The smallest absolute Gasteiger partial charge is 0.224 e. The van der Waals surface area contributed by atoms with Crippen LogP contribution < -0.4 is 5.32 Å². The van der Waals surface area contributed by atoms with Crippen LogP contribution in [-0.2, 0) is 4.79 Å². The van der Waals surface area contributed by atoms with Crippen molar-refractivity contribution >= 4 is 5.91 Å². The van der Waals surface area contributed by atoms with Crippen molar-refractivity contribution in [2.24, 2.45) is 0 Å². The molecule has 0 aliphatic rings. The summed E-state index contributed by atoms with van der Waals surface area (Å²) in [6.07, 6.45) is 0.299. The Morgan fingerprint density at radius 3 is 2.45 bits per heavy atom. The lowest BCUT2D eigenvalue weighted by molar-refractivity contribution is -0.120. The van der Waals surface area contributed by atoms with Crippen molar-refractivity contribution in [3.8, 4) is 0 Å². The molecular weight excluding hydrogens is 142 g/mol. The van der Waals surface area contributed by atoms with Crippen LogP contribution in [0.2, 0.25) is 0 Å². The van der Waals surface area contributed by atoms with Crippen molar-refractivity contribution in [2.45, 2.75) is 13.3 Å². The number of carbonyl (C=O) groups is 1. The van der Waals surface area contributed by atoms with Gasteiger partial charge in [-0.2, -0.15) is 0 Å². The topological polar surface area (TPSA) is 49.3 Å². The van der Waals surface area contributed by atoms with Crippen LogP contribution in [0.4, 0.5) is 0 Å². The Hall–Kier alpha value is -1.25. The molecule has 0 spiro atoms. The number of aliphatic hydroxyl groups is 1. The first-order valence-electron chi connectivity index (χ1n) is 3.30. The van der Waals surface area contributed by atoms with Crippen LogP contribution >= 0.6 is 0 Å². The molecule has 0 aliphatic heterocycles. The zero-order valence-electron chi connectivity index (χ0n) is 6.68. The summed E-state index contributed by atoms with van der Waals surface area (Å²) in [6.45, 7) is 8.69. The minimum absolute atomic E-state index is 0.0416. The summed E-state index contributed by atoms with van der Waals surface area (Å²) in [5.74, 6) is -0.187. The quantitative estimate of drug-likeness (QED) is 0.472. The van der Waals surface area contributed by atoms with Gasteiger partial charge >= 0.3 is 0 Å². The van der Waals surface area contributed by atoms with E-state index < -0.39 is 0 Å². The molecule has 0 heterocycles. The minimum atomic E-state index is -0.146. The van der Waals surface area contributed by atoms with Gasteiger partial charge in [-0.25, -0.2) is 0 Å². The van der Waals surface area contributed by atoms with E-state index in [1.54, 1.807) is 6.92 Å². The second-order valence-corrected chi connectivity index (χ2v) is 2.48. The molecule has 3 heteroatoms. The summed E-state index contributed by atoms with van der Waals surface area (Å²) < 4.78 is 0. The molecule has 0 aromatic heterocycles. The highest BCUT2D eigenvalue weighted by atomic mass is 16.3. The molecule has 0 atom stereocenters. The minimum Gasteiger partial charge on any atom is -0.511 e. The lowest BCUT2D eigenvalue weighted by atomic mass is 10.2. The molecule has 0 radical (unpaired) electrons. The van der Waals surface area contributed by atoms with Crippen molar-refractivity contribution in [3.63, 3.8) is 0 Å². The van der Waals surface area contributed by atoms with Crippen molar-refractivity contribution in [1.29, 1.82) is 0 Å². The van der Waals surface area contributed by atoms with Gasteiger partial charge in [0.15, 0.2) is 0 Å². The molecule has 0 aromatic carbocycles. The average Bonchev–Trinajstić information content (AvgIpc) is 1.82. The van der Waals surface area contributed by atoms with E-state index in [1.807, 2.05) is 0 Å². The average molecular weight is 155 g/mol. The van der Waals surface area contributed by atoms with Gasteiger partial charge in [-0.1, -0.05) is 18.7 Å². The second kappa shape index (κ2) is 4.55. The van der Waals surface area contributed by atoms with E-state index in [1.165, 1.54) is 0 Å². The number of aliphatic hydroxyl groups excluding tert-OH is 1. The van der Waals surface area contributed by atoms with Gasteiger partial charge in [0.25, 0.3) is 0 Å². The highest BCUT2D eigenvalue weighted by molar-refractivity contribution is 5.78. The summed E-state index contributed by atoms with van der Waals surface area (Å²) in [5, 5.41) is 11.1. The maximum Gasteiger partial charge on any atom is 0.224 e. The van der Waals surface area contributed by atoms with Gasteiger partial charge in [0.2, 0.25) is 5.91 Å². The Morgan fingerprint density at radius 2 is 2.09 bits per heavy atom. The molecule has 0 aliphatic carbocycles. The summed E-state index contributed by atoms with van der Waals surface area (Å²) in [7, 11) is 0. The van der Waals surface area contributed by atoms with Crippen LogP contribution in [0.1, 0.15) is 13.3 Å². The normalized spacial score (nSPS) is 8.82. The number of amides is 1. The maximum atomic E-state index is 10.8. The van der Waals surface area contributed by atoms with E-state index in [2.05, 4.69) is 18.5 Å². The number of nitrogens with one attached hydrogen (secondary N) is 1. The van der Waals surface area contributed by atoms with E-state index >= 15 is 0 Å². The standard InChI is InChI=1S/C8H13NO2/c1-6(2)4-8(11)9-5-7(3)10/h10H,1,3-5H2,2H3,(H,9,11). The van der Waals surface area contributed by atoms with Crippen LogP contribution in [0.15, 0.2) is 24.5 Å². The Balaban J connectivity index is 3.53. The fraction of sp³-hybridized carbons (Fsp3) is 0.375. The molecular formula is C8H13NO2. The molecule has 0 rings (SSSR count). The molecule has 11 heavy (non-hydrogen) atoms. The van der Waals surface area contributed by atoms with E-state index in [0.717, 1.165) is 5.57 Å². The second-order valence-electron chi connectivity index (χ2n) is 2.48. The molecule has 1 amide bonds. The number of rotatable bonds is 4. The first kappa shape index (κ1) is 9.75. The summed E-state index contributed by atoms with van der Waals surface area (Å²) in [4.78, 5) is 10.8. The monoisotopic (exact) mass is 155 g/mol. The lowest BCUT2D eigenvalue weighted by Gasteiger charge is -2.02. The van der Waals surface area contributed by atoms with E-state index in [9.17, 15) is 4.79 Å². The Labute approximate surface area is 66.4 Å². The summed E-state index contributed by atoms with van der Waals surface area (Å²) in [5.41, 5.74) is 0.797. The Kier molecular flexibility index (Phi) is 4.03. The van der Waals surface area contributed by atoms with Crippen molar-refractivity contribution in [1.82, 2.24) is 5.32 Å². The van der Waals surface area contributed by atoms with E-state index in [4.69, 9.17) is 5.11 Å². The highest BCUT2D eigenvalue weighted by Crippen LogP contribution is 1.93. The van der Waals surface area contributed by atoms with Crippen LogP contribution in [-0.4, -0.2) is 17.6 Å². The first-order chi connectivity index (χ1) is 5.02. The molecule has 0 aromatic rings. The lowest BCUT2D eigenvalue weighted by Crippen LogP contribution is -2.25. The van der Waals surface area contributed by atoms with Crippen molar-refractivity contribution in [2.75, 3.05) is 6.54 Å². The van der Waals surface area contributed by atoms with Crippen LogP contribution in [0, 0.1) is 0 Å². The summed E-state index contributed by atoms with van der Waals surface area (Å²) in [6, 6.07) is 0. The molecule has 0 fully saturated rings. The van der Waals surface area contributed by atoms with Gasteiger partial charge in [0.1, 0.15) is 5.76 Å². The predicted molar refractivity (Wildman–Crippen MR) is 44.2 cm³/mol. The third-order valence-electron chi connectivity index (χ3n) is 0.952.